The molecule has 1 spiro atoms. The van der Waals surface area contributed by atoms with Gasteiger partial charge in [0, 0.05) is 26.2 Å². The Morgan fingerprint density at radius 2 is 1.74 bits per heavy atom. The van der Waals surface area contributed by atoms with Gasteiger partial charge in [-0.3, -0.25) is 14.4 Å². The number of hydrogen-bond donors (Lipinski definition) is 1. The van der Waals surface area contributed by atoms with Crippen molar-refractivity contribution in [3.8, 4) is 0 Å². The first-order valence-corrected chi connectivity index (χ1v) is 13.7. The van der Waals surface area contributed by atoms with Gasteiger partial charge in [-0.1, -0.05) is 55.5 Å². The molecule has 206 valence electrons. The van der Waals surface area contributed by atoms with Crippen LogP contribution in [0.25, 0.3) is 11.0 Å². The molecule has 1 N–H and O–H groups in total. The molecule has 1 unspecified atom stereocenters. The number of fused-ring (bicyclic) bond motifs is 3. The SMILES string of the molecule is CCCN1CC=C[C@@]2(CC)O[C@]34C=CCN(Cn5nnc6ccccc65)C(=O)C3N(CCO)C(=O)[C@@H]4[C@H]2C1=O. The predicted molar refractivity (Wildman–Crippen MR) is 141 cm³/mol. The van der Waals surface area contributed by atoms with E-state index in [0.29, 0.717) is 19.5 Å². The lowest BCUT2D eigenvalue weighted by molar-refractivity contribution is -0.155. The third-order valence-corrected chi connectivity index (χ3v) is 8.67. The molecular weight excluding hydrogens is 500 g/mol. The molecule has 11 nitrogen and oxygen atoms in total. The number of carbonyl (C=O) groups excluding carboxylic acids is 3. The van der Waals surface area contributed by atoms with Gasteiger partial charge in [0.25, 0.3) is 5.91 Å². The highest BCUT2D eigenvalue weighted by Crippen LogP contribution is 2.58. The average molecular weight is 535 g/mol. The normalized spacial score (nSPS) is 32.0. The molecule has 5 atom stereocenters. The van der Waals surface area contributed by atoms with Crippen molar-refractivity contribution in [2.24, 2.45) is 11.8 Å². The zero-order chi connectivity index (χ0) is 27.4. The molecule has 0 radical (unpaired) electrons. The lowest BCUT2D eigenvalue weighted by Gasteiger charge is -2.38. The van der Waals surface area contributed by atoms with Gasteiger partial charge in [-0.15, -0.1) is 5.10 Å². The first kappa shape index (κ1) is 25.7. The number of amides is 3. The molecular formula is C28H34N6O5. The highest BCUT2D eigenvalue weighted by molar-refractivity contribution is 6.00. The summed E-state index contributed by atoms with van der Waals surface area (Å²) in [7, 11) is 0. The second kappa shape index (κ2) is 9.56. The maximum atomic E-state index is 14.3. The van der Waals surface area contributed by atoms with Gasteiger partial charge >= 0.3 is 0 Å². The van der Waals surface area contributed by atoms with Gasteiger partial charge in [0.2, 0.25) is 11.8 Å². The van der Waals surface area contributed by atoms with Crippen molar-refractivity contribution in [1.29, 1.82) is 0 Å². The summed E-state index contributed by atoms with van der Waals surface area (Å²) in [6.45, 7) is 5.07. The van der Waals surface area contributed by atoms with E-state index in [1.54, 1.807) is 14.5 Å². The first-order valence-electron chi connectivity index (χ1n) is 13.7. The number of nitrogens with zero attached hydrogens (tertiary/aromatic N) is 6. The highest BCUT2D eigenvalue weighted by Gasteiger charge is 2.75. The smallest absolute Gasteiger partial charge is 0.250 e. The fourth-order valence-electron chi connectivity index (χ4n) is 6.99. The third kappa shape index (κ3) is 3.66. The minimum Gasteiger partial charge on any atom is -0.395 e. The summed E-state index contributed by atoms with van der Waals surface area (Å²) in [5.74, 6) is -2.42. The number of likely N-dealkylation sites (tertiary alicyclic amines) is 1. The van der Waals surface area contributed by atoms with Gasteiger partial charge in [-0.25, -0.2) is 4.68 Å². The summed E-state index contributed by atoms with van der Waals surface area (Å²) in [6, 6.07) is 6.49. The Bertz CT molecular complexity index is 1370. The van der Waals surface area contributed by atoms with Crippen LogP contribution in [-0.4, -0.2) is 103 Å². The molecule has 6 rings (SSSR count). The highest BCUT2D eigenvalue weighted by atomic mass is 16.5. The van der Waals surface area contributed by atoms with E-state index in [1.807, 2.05) is 62.4 Å². The van der Waals surface area contributed by atoms with Crippen molar-refractivity contribution in [3.05, 3.63) is 48.6 Å². The van der Waals surface area contributed by atoms with E-state index in [1.165, 1.54) is 4.90 Å². The molecule has 2 saturated heterocycles. The Kier molecular flexibility index (Phi) is 6.30. The maximum absolute atomic E-state index is 14.3. The number of rotatable bonds is 7. The summed E-state index contributed by atoms with van der Waals surface area (Å²) in [6.07, 6.45) is 8.83. The van der Waals surface area contributed by atoms with Crippen LogP contribution < -0.4 is 0 Å². The largest absolute Gasteiger partial charge is 0.395 e. The number of ether oxygens (including phenoxy) is 1. The molecule has 1 aromatic carbocycles. The summed E-state index contributed by atoms with van der Waals surface area (Å²) in [5, 5.41) is 18.3. The van der Waals surface area contributed by atoms with Crippen molar-refractivity contribution in [2.75, 3.05) is 32.8 Å². The van der Waals surface area contributed by atoms with Gasteiger partial charge in [0.05, 0.1) is 29.6 Å². The number of carbonyl (C=O) groups is 3. The lowest BCUT2D eigenvalue weighted by Crippen LogP contribution is -2.56. The topological polar surface area (TPSA) is 121 Å². The maximum Gasteiger partial charge on any atom is 0.250 e. The van der Waals surface area contributed by atoms with Gasteiger partial charge in [-0.05, 0) is 25.0 Å². The summed E-state index contributed by atoms with van der Waals surface area (Å²) in [4.78, 5) is 47.3. The van der Waals surface area contributed by atoms with E-state index in [4.69, 9.17) is 4.74 Å². The van der Waals surface area contributed by atoms with Gasteiger partial charge in [0.15, 0.2) is 0 Å². The molecule has 0 aliphatic carbocycles. The zero-order valence-corrected chi connectivity index (χ0v) is 22.3. The molecule has 1 aromatic heterocycles. The molecule has 4 aliphatic rings. The van der Waals surface area contributed by atoms with E-state index < -0.39 is 29.1 Å². The van der Waals surface area contributed by atoms with E-state index in [0.717, 1.165) is 17.5 Å². The van der Waals surface area contributed by atoms with Gasteiger partial charge < -0.3 is 24.5 Å². The number of hydrogen-bond acceptors (Lipinski definition) is 7. The van der Waals surface area contributed by atoms with Crippen molar-refractivity contribution >= 4 is 28.8 Å². The molecule has 2 aromatic rings. The van der Waals surface area contributed by atoms with Crippen LogP contribution in [0, 0.1) is 11.8 Å². The minimum atomic E-state index is -1.33. The quantitative estimate of drug-likeness (QED) is 0.525. The molecule has 11 heteroatoms. The second-order valence-corrected chi connectivity index (χ2v) is 10.7. The summed E-state index contributed by atoms with van der Waals surface area (Å²) >= 11 is 0. The van der Waals surface area contributed by atoms with Crippen LogP contribution >= 0.6 is 0 Å². The second-order valence-electron chi connectivity index (χ2n) is 10.7. The number of benzene rings is 1. The van der Waals surface area contributed by atoms with Gasteiger partial charge in [0.1, 0.15) is 23.8 Å². The molecule has 5 heterocycles. The van der Waals surface area contributed by atoms with Crippen LogP contribution in [-0.2, 0) is 25.8 Å². The van der Waals surface area contributed by atoms with Crippen molar-refractivity contribution < 1.29 is 24.2 Å². The summed E-state index contributed by atoms with van der Waals surface area (Å²) in [5.41, 5.74) is -0.836. The molecule has 4 aliphatic heterocycles. The van der Waals surface area contributed by atoms with Crippen LogP contribution in [0.4, 0.5) is 0 Å². The van der Waals surface area contributed by atoms with Crippen LogP contribution in [0.15, 0.2) is 48.6 Å². The van der Waals surface area contributed by atoms with Crippen LogP contribution in [0.5, 0.6) is 0 Å². The number of para-hydroxylation sites is 1. The number of aliphatic hydroxyl groups excluding tert-OH is 1. The average Bonchev–Trinajstić information content (AvgIpc) is 3.47. The third-order valence-electron chi connectivity index (χ3n) is 8.67. The Morgan fingerprint density at radius 1 is 0.974 bits per heavy atom. The molecule has 3 amide bonds. The van der Waals surface area contributed by atoms with Gasteiger partial charge in [-0.2, -0.15) is 0 Å². The van der Waals surface area contributed by atoms with Crippen LogP contribution in [0.2, 0.25) is 0 Å². The molecule has 39 heavy (non-hydrogen) atoms. The number of β-amino-alcohol motifs (C(OH)–C–C–N with tert-alkyl or cyclic N) is 1. The van der Waals surface area contributed by atoms with E-state index in [9.17, 15) is 19.5 Å². The Balaban J connectivity index is 1.43. The number of aliphatic hydroxyl groups is 1. The predicted octanol–water partition coefficient (Wildman–Crippen LogP) is 0.949. The summed E-state index contributed by atoms with van der Waals surface area (Å²) < 4.78 is 8.56. The fourth-order valence-corrected chi connectivity index (χ4v) is 6.99. The zero-order valence-electron chi connectivity index (χ0n) is 22.3. The first-order chi connectivity index (χ1) is 18.9. The monoisotopic (exact) mass is 534 g/mol. The van der Waals surface area contributed by atoms with E-state index in [2.05, 4.69) is 10.3 Å². The van der Waals surface area contributed by atoms with E-state index in [-0.39, 0.29) is 44.1 Å². The Hall–Kier alpha value is -3.57. The Labute approximate surface area is 226 Å². The molecule has 0 bridgehead atoms. The van der Waals surface area contributed by atoms with Crippen molar-refractivity contribution in [1.82, 2.24) is 29.7 Å². The lowest BCUT2D eigenvalue weighted by atomic mass is 9.73. The molecule has 2 fully saturated rings. The van der Waals surface area contributed by atoms with Crippen molar-refractivity contribution in [2.45, 2.75) is 50.6 Å². The molecule has 0 saturated carbocycles. The number of aromatic nitrogens is 3. The van der Waals surface area contributed by atoms with Crippen LogP contribution in [0.3, 0.4) is 0 Å². The van der Waals surface area contributed by atoms with Crippen molar-refractivity contribution in [3.63, 3.8) is 0 Å². The Morgan fingerprint density at radius 3 is 2.51 bits per heavy atom. The fraction of sp³-hybridized carbons (Fsp3) is 0.536. The van der Waals surface area contributed by atoms with E-state index >= 15 is 0 Å². The standard InChI is InChI=1S/C28H34N6O5/c1-3-13-31-14-7-11-27(4-2)21(24(31)36)22-25(37)33(16-17-35)23-26(38)32(15-8-12-28(22,23)39-27)18-34-20-10-6-5-9-19(20)29-30-34/h5-12,21-23,35H,3-4,13-18H2,1-2H3/t21-,22-,23?,27+,28-/m0/s1. The minimum absolute atomic E-state index is 0.0284. The van der Waals surface area contributed by atoms with Crippen LogP contribution in [0.1, 0.15) is 26.7 Å².